The molecule has 2 aliphatic rings. The number of nitrogens with zero attached hydrogens (tertiary/aromatic N) is 2. The van der Waals surface area contributed by atoms with Crippen LogP contribution in [0.25, 0.3) is 0 Å². The fraction of sp³-hybridized carbons (Fsp3) is 0.538. The molecule has 5 nitrogen and oxygen atoms in total. The average molecular weight is 283 g/mol. The highest BCUT2D eigenvalue weighted by atomic mass is 35.5. The Labute approximate surface area is 116 Å². The number of nitro groups is 1. The summed E-state index contributed by atoms with van der Waals surface area (Å²) in [5, 5.41) is 11.1. The number of fused-ring (bicyclic) bond motifs is 2. The van der Waals surface area contributed by atoms with Crippen LogP contribution in [0.2, 0.25) is 5.02 Å². The molecule has 0 N–H and O–H groups in total. The minimum Gasteiger partial charge on any atom is -0.372 e. The van der Waals surface area contributed by atoms with Crippen LogP contribution in [0.3, 0.4) is 0 Å². The Kier molecular flexibility index (Phi) is 3.43. The summed E-state index contributed by atoms with van der Waals surface area (Å²) >= 11 is 5.82. The Morgan fingerprint density at radius 3 is 2.68 bits per heavy atom. The minimum absolute atomic E-state index is 0.0181. The van der Waals surface area contributed by atoms with Crippen LogP contribution in [-0.4, -0.2) is 35.1 Å². The van der Waals surface area contributed by atoms with E-state index in [0.29, 0.717) is 18.8 Å². The van der Waals surface area contributed by atoms with Crippen LogP contribution in [0.5, 0.6) is 0 Å². The molecule has 3 rings (SSSR count). The fourth-order valence-electron chi connectivity index (χ4n) is 2.88. The van der Waals surface area contributed by atoms with Crippen molar-refractivity contribution in [2.75, 3.05) is 13.1 Å². The van der Waals surface area contributed by atoms with Crippen molar-refractivity contribution in [1.29, 1.82) is 0 Å². The van der Waals surface area contributed by atoms with Gasteiger partial charge in [0.1, 0.15) is 5.02 Å². The summed E-state index contributed by atoms with van der Waals surface area (Å²) in [6.07, 6.45) is 2.92. The zero-order chi connectivity index (χ0) is 13.4. The van der Waals surface area contributed by atoms with Gasteiger partial charge in [-0.1, -0.05) is 17.7 Å². The molecule has 2 saturated heterocycles. The van der Waals surface area contributed by atoms with Gasteiger partial charge < -0.3 is 4.74 Å². The topological polar surface area (TPSA) is 55.6 Å². The van der Waals surface area contributed by atoms with Crippen LogP contribution in [-0.2, 0) is 11.3 Å². The number of nitro benzene ring substituents is 1. The third-order valence-electron chi connectivity index (χ3n) is 3.73. The fourth-order valence-corrected chi connectivity index (χ4v) is 3.07. The van der Waals surface area contributed by atoms with E-state index in [1.807, 2.05) is 6.07 Å². The number of rotatable bonds is 3. The van der Waals surface area contributed by atoms with Crippen molar-refractivity contribution in [1.82, 2.24) is 4.90 Å². The molecule has 2 atom stereocenters. The summed E-state index contributed by atoms with van der Waals surface area (Å²) in [6, 6.07) is 5.02. The lowest BCUT2D eigenvalue weighted by Gasteiger charge is -2.32. The van der Waals surface area contributed by atoms with E-state index in [2.05, 4.69) is 4.90 Å². The molecule has 0 aliphatic carbocycles. The van der Waals surface area contributed by atoms with Crippen molar-refractivity contribution < 1.29 is 9.66 Å². The number of halogens is 1. The van der Waals surface area contributed by atoms with Gasteiger partial charge in [0, 0.05) is 25.7 Å². The molecule has 2 unspecified atom stereocenters. The first kappa shape index (κ1) is 12.8. The molecular weight excluding hydrogens is 268 g/mol. The number of hydrogen-bond acceptors (Lipinski definition) is 4. The highest BCUT2D eigenvalue weighted by molar-refractivity contribution is 6.32. The molecule has 2 fully saturated rings. The van der Waals surface area contributed by atoms with Crippen LogP contribution in [0.15, 0.2) is 18.2 Å². The third-order valence-corrected chi connectivity index (χ3v) is 4.05. The molecule has 6 heteroatoms. The molecule has 2 bridgehead atoms. The van der Waals surface area contributed by atoms with Gasteiger partial charge in [-0.2, -0.15) is 0 Å². The molecule has 0 aromatic heterocycles. The smallest absolute Gasteiger partial charge is 0.288 e. The monoisotopic (exact) mass is 282 g/mol. The summed E-state index contributed by atoms with van der Waals surface area (Å²) in [4.78, 5) is 12.7. The van der Waals surface area contributed by atoms with Gasteiger partial charge in [-0.05, 0) is 24.5 Å². The number of ether oxygens (including phenoxy) is 1. The van der Waals surface area contributed by atoms with E-state index in [0.717, 1.165) is 31.5 Å². The lowest BCUT2D eigenvalue weighted by atomic mass is 10.1. The second-order valence-corrected chi connectivity index (χ2v) is 5.60. The normalized spacial score (nSPS) is 26.6. The van der Waals surface area contributed by atoms with E-state index in [1.54, 1.807) is 12.1 Å². The first-order valence-electron chi connectivity index (χ1n) is 6.42. The van der Waals surface area contributed by atoms with Gasteiger partial charge in [0.05, 0.1) is 17.1 Å². The first-order chi connectivity index (χ1) is 9.11. The van der Waals surface area contributed by atoms with Crippen LogP contribution in [0.1, 0.15) is 18.4 Å². The molecule has 19 heavy (non-hydrogen) atoms. The van der Waals surface area contributed by atoms with Crippen LogP contribution in [0.4, 0.5) is 5.69 Å². The van der Waals surface area contributed by atoms with Crippen LogP contribution >= 0.6 is 11.6 Å². The molecule has 0 radical (unpaired) electrons. The Hall–Kier alpha value is -1.17. The second kappa shape index (κ2) is 5.07. The summed E-state index contributed by atoms with van der Waals surface area (Å²) in [6.45, 7) is 2.54. The Morgan fingerprint density at radius 2 is 2.05 bits per heavy atom. The SMILES string of the molecule is O=[N+]([O-])c1cc(CN2CC3CCC(C2)O3)ccc1Cl. The molecule has 0 amide bonds. The van der Waals surface area contributed by atoms with Gasteiger partial charge in [0.15, 0.2) is 0 Å². The van der Waals surface area contributed by atoms with Gasteiger partial charge in [0.2, 0.25) is 0 Å². The highest BCUT2D eigenvalue weighted by Crippen LogP contribution is 2.29. The molecule has 1 aromatic carbocycles. The number of hydrogen-bond donors (Lipinski definition) is 0. The summed E-state index contributed by atoms with van der Waals surface area (Å²) in [5.41, 5.74) is 0.910. The van der Waals surface area contributed by atoms with Gasteiger partial charge in [0.25, 0.3) is 5.69 Å². The van der Waals surface area contributed by atoms with Crippen molar-refractivity contribution in [2.45, 2.75) is 31.6 Å². The zero-order valence-electron chi connectivity index (χ0n) is 10.4. The summed E-state index contributed by atoms with van der Waals surface area (Å²) in [7, 11) is 0. The molecule has 2 heterocycles. The van der Waals surface area contributed by atoms with E-state index in [4.69, 9.17) is 16.3 Å². The highest BCUT2D eigenvalue weighted by Gasteiger charge is 2.33. The lowest BCUT2D eigenvalue weighted by molar-refractivity contribution is -0.384. The van der Waals surface area contributed by atoms with Crippen molar-refractivity contribution in [2.24, 2.45) is 0 Å². The summed E-state index contributed by atoms with van der Waals surface area (Å²) < 4.78 is 5.78. The largest absolute Gasteiger partial charge is 0.372 e. The molecule has 102 valence electrons. The predicted molar refractivity (Wildman–Crippen MR) is 71.3 cm³/mol. The number of likely N-dealkylation sites (tertiary alicyclic amines) is 1. The Bertz CT molecular complexity index is 497. The van der Waals surface area contributed by atoms with Crippen molar-refractivity contribution in [3.8, 4) is 0 Å². The van der Waals surface area contributed by atoms with Crippen molar-refractivity contribution in [3.05, 3.63) is 38.9 Å². The second-order valence-electron chi connectivity index (χ2n) is 5.19. The van der Waals surface area contributed by atoms with Crippen molar-refractivity contribution in [3.63, 3.8) is 0 Å². The average Bonchev–Trinajstić information content (AvgIpc) is 2.71. The van der Waals surface area contributed by atoms with Gasteiger partial charge >= 0.3 is 0 Å². The van der Waals surface area contributed by atoms with Crippen LogP contribution in [0, 0.1) is 10.1 Å². The van der Waals surface area contributed by atoms with E-state index < -0.39 is 4.92 Å². The van der Waals surface area contributed by atoms with Gasteiger partial charge in [-0.15, -0.1) is 0 Å². The number of benzene rings is 1. The lowest BCUT2D eigenvalue weighted by Crippen LogP contribution is -2.41. The van der Waals surface area contributed by atoms with E-state index in [1.165, 1.54) is 0 Å². The van der Waals surface area contributed by atoms with Gasteiger partial charge in [-0.25, -0.2) is 0 Å². The molecule has 1 aromatic rings. The maximum atomic E-state index is 10.9. The Balaban J connectivity index is 1.73. The van der Waals surface area contributed by atoms with Gasteiger partial charge in [-0.3, -0.25) is 15.0 Å². The maximum absolute atomic E-state index is 10.9. The molecule has 0 spiro atoms. The standard InChI is InChI=1S/C13H15ClN2O3/c14-12-4-1-9(5-13(12)16(17)18)6-15-7-10-2-3-11(8-15)19-10/h1,4-5,10-11H,2-3,6-8H2. The molecule has 2 aliphatic heterocycles. The zero-order valence-corrected chi connectivity index (χ0v) is 11.2. The van der Waals surface area contributed by atoms with E-state index >= 15 is 0 Å². The summed E-state index contributed by atoms with van der Waals surface area (Å²) in [5.74, 6) is 0. The molecule has 0 saturated carbocycles. The third kappa shape index (κ3) is 2.73. The first-order valence-corrected chi connectivity index (χ1v) is 6.80. The van der Waals surface area contributed by atoms with Crippen LogP contribution < -0.4 is 0 Å². The van der Waals surface area contributed by atoms with Crippen molar-refractivity contribution >= 4 is 17.3 Å². The minimum atomic E-state index is -0.436. The van der Waals surface area contributed by atoms with E-state index in [9.17, 15) is 10.1 Å². The quantitative estimate of drug-likeness (QED) is 0.632. The Morgan fingerprint density at radius 1 is 1.37 bits per heavy atom. The molecular formula is C13H15ClN2O3. The number of morpholine rings is 1. The maximum Gasteiger partial charge on any atom is 0.288 e. The van der Waals surface area contributed by atoms with E-state index in [-0.39, 0.29) is 10.7 Å². The predicted octanol–water partition coefficient (Wildman–Crippen LogP) is 2.61.